The molecule has 1 heterocycles. The molecule has 0 radical (unpaired) electrons. The number of aryl methyl sites for hydroxylation is 2. The highest BCUT2D eigenvalue weighted by atomic mass is 32.2. The van der Waals surface area contributed by atoms with Gasteiger partial charge in [0.2, 0.25) is 0 Å². The molecular formula is C28H33FN2S. The van der Waals surface area contributed by atoms with Crippen LogP contribution in [0.5, 0.6) is 0 Å². The lowest BCUT2D eigenvalue weighted by Crippen LogP contribution is -2.26. The number of hydrogen-bond donors (Lipinski definition) is 0. The minimum atomic E-state index is -0.171. The van der Waals surface area contributed by atoms with Crippen LogP contribution in [0.25, 0.3) is 5.57 Å². The first-order chi connectivity index (χ1) is 15.5. The fraction of sp³-hybridized carbons (Fsp3) is 0.429. The standard InChI is InChI=1S/C28H33FN2S/c1-5-24(20(4)31-27-12-6-18(2)16-19(27)3)21-7-9-22(10-8-21)25-14-15-30-32-28-13-11-23(29)17-26(25)28/h6,11-17,21-22,24H,5,7-10H2,1-4H3. The highest BCUT2D eigenvalue weighted by molar-refractivity contribution is 7.98. The van der Waals surface area contributed by atoms with Crippen molar-refractivity contribution < 1.29 is 4.39 Å². The van der Waals surface area contributed by atoms with Crippen LogP contribution in [0, 0.1) is 37.4 Å². The van der Waals surface area contributed by atoms with Crippen LogP contribution in [0.2, 0.25) is 0 Å². The molecule has 1 fully saturated rings. The molecule has 0 aromatic heterocycles. The van der Waals surface area contributed by atoms with Gasteiger partial charge in [-0.05, 0) is 118 Å². The molecule has 0 N–H and O–H groups in total. The topological polar surface area (TPSA) is 24.7 Å². The number of nitrogens with zero attached hydrogens (tertiary/aromatic N) is 2. The fourth-order valence-corrected chi connectivity index (χ4v) is 6.10. The van der Waals surface area contributed by atoms with Gasteiger partial charge < -0.3 is 0 Å². The van der Waals surface area contributed by atoms with Crippen molar-refractivity contribution in [1.29, 1.82) is 0 Å². The molecule has 2 aliphatic rings. The van der Waals surface area contributed by atoms with Crippen molar-refractivity contribution in [2.45, 2.75) is 64.7 Å². The molecule has 2 aromatic rings. The zero-order valence-electron chi connectivity index (χ0n) is 19.6. The van der Waals surface area contributed by atoms with E-state index in [1.54, 1.807) is 6.07 Å². The Kier molecular flexibility index (Phi) is 7.30. The summed E-state index contributed by atoms with van der Waals surface area (Å²) in [5.74, 6) is 1.47. The normalized spacial score (nSPS) is 22.2. The number of aliphatic imine (C=N–C) groups is 1. The Morgan fingerprint density at radius 3 is 2.62 bits per heavy atom. The van der Waals surface area contributed by atoms with Gasteiger partial charge in [0.15, 0.2) is 0 Å². The molecule has 4 rings (SSSR count). The second-order valence-corrected chi connectivity index (χ2v) is 10.1. The van der Waals surface area contributed by atoms with Crippen LogP contribution in [0.3, 0.4) is 0 Å². The van der Waals surface area contributed by atoms with Gasteiger partial charge in [0.1, 0.15) is 5.82 Å². The predicted octanol–water partition coefficient (Wildman–Crippen LogP) is 8.54. The molecule has 1 unspecified atom stereocenters. The van der Waals surface area contributed by atoms with Gasteiger partial charge in [-0.25, -0.2) is 8.79 Å². The van der Waals surface area contributed by atoms with Crippen molar-refractivity contribution in [2.24, 2.45) is 27.1 Å². The van der Waals surface area contributed by atoms with E-state index in [0.717, 1.165) is 35.4 Å². The Morgan fingerprint density at radius 1 is 1.12 bits per heavy atom. The van der Waals surface area contributed by atoms with Crippen LogP contribution in [0.1, 0.15) is 62.6 Å². The van der Waals surface area contributed by atoms with E-state index in [1.165, 1.54) is 53.3 Å². The Balaban J connectivity index is 1.48. The van der Waals surface area contributed by atoms with E-state index < -0.39 is 0 Å². The minimum Gasteiger partial charge on any atom is -0.258 e. The van der Waals surface area contributed by atoms with Crippen molar-refractivity contribution in [2.75, 3.05) is 0 Å². The lowest BCUT2D eigenvalue weighted by atomic mass is 9.71. The molecule has 0 spiro atoms. The average molecular weight is 449 g/mol. The van der Waals surface area contributed by atoms with Crippen LogP contribution in [-0.2, 0) is 0 Å². The Hall–Kier alpha value is -2.20. The zero-order valence-corrected chi connectivity index (χ0v) is 20.4. The number of rotatable bonds is 5. The van der Waals surface area contributed by atoms with Crippen LogP contribution in [-0.4, -0.2) is 11.9 Å². The molecule has 2 aromatic carbocycles. The maximum absolute atomic E-state index is 14.0. The molecule has 32 heavy (non-hydrogen) atoms. The van der Waals surface area contributed by atoms with Gasteiger partial charge in [-0.3, -0.25) is 4.99 Å². The van der Waals surface area contributed by atoms with Gasteiger partial charge in [0, 0.05) is 28.8 Å². The van der Waals surface area contributed by atoms with Crippen LogP contribution in [0.15, 0.2) is 56.8 Å². The predicted molar refractivity (Wildman–Crippen MR) is 137 cm³/mol. The first kappa shape index (κ1) is 23.0. The third-order valence-corrected chi connectivity index (χ3v) is 7.90. The molecule has 168 valence electrons. The summed E-state index contributed by atoms with van der Waals surface area (Å²) in [5, 5.41) is 0. The molecule has 4 heteroatoms. The van der Waals surface area contributed by atoms with E-state index in [4.69, 9.17) is 4.99 Å². The van der Waals surface area contributed by atoms with Crippen molar-refractivity contribution in [3.05, 3.63) is 65.0 Å². The van der Waals surface area contributed by atoms with Crippen molar-refractivity contribution in [3.63, 3.8) is 0 Å². The van der Waals surface area contributed by atoms with Gasteiger partial charge >= 0.3 is 0 Å². The van der Waals surface area contributed by atoms with Gasteiger partial charge in [-0.1, -0.05) is 24.6 Å². The number of fused-ring (bicyclic) bond motifs is 1. The second kappa shape index (κ2) is 10.2. The fourth-order valence-electron chi connectivity index (χ4n) is 5.46. The van der Waals surface area contributed by atoms with E-state index in [1.807, 2.05) is 12.3 Å². The molecular weight excluding hydrogens is 415 g/mol. The molecule has 1 aliphatic heterocycles. The third kappa shape index (κ3) is 5.06. The SMILES string of the molecule is CCC(C(C)=Nc1ccc(C)cc1C)C1CCC(C2=CC=NSc3ccc(F)cc32)CC1. The van der Waals surface area contributed by atoms with Crippen LogP contribution >= 0.6 is 11.9 Å². The Bertz CT molecular complexity index is 1060. The zero-order chi connectivity index (χ0) is 22.7. The summed E-state index contributed by atoms with van der Waals surface area (Å²) in [4.78, 5) is 6.10. The lowest BCUT2D eigenvalue weighted by Gasteiger charge is -2.35. The Labute approximate surface area is 196 Å². The van der Waals surface area contributed by atoms with Crippen molar-refractivity contribution in [3.8, 4) is 0 Å². The summed E-state index contributed by atoms with van der Waals surface area (Å²) in [6, 6.07) is 11.6. The summed E-state index contributed by atoms with van der Waals surface area (Å²) in [6.45, 7) is 8.77. The van der Waals surface area contributed by atoms with Gasteiger partial charge in [-0.15, -0.1) is 0 Å². The number of benzene rings is 2. The maximum atomic E-state index is 14.0. The summed E-state index contributed by atoms with van der Waals surface area (Å²) < 4.78 is 18.4. The number of halogens is 1. The number of hydrogen-bond acceptors (Lipinski definition) is 3. The molecule has 1 saturated carbocycles. The first-order valence-electron chi connectivity index (χ1n) is 11.8. The number of allylic oxidation sites excluding steroid dienone is 2. The quantitative estimate of drug-likeness (QED) is 0.332. The summed E-state index contributed by atoms with van der Waals surface area (Å²) in [6.07, 6.45) is 9.75. The highest BCUT2D eigenvalue weighted by Gasteiger charge is 2.31. The molecule has 0 saturated heterocycles. The van der Waals surface area contributed by atoms with Crippen molar-refractivity contribution in [1.82, 2.24) is 0 Å². The summed E-state index contributed by atoms with van der Waals surface area (Å²) >= 11 is 1.44. The molecule has 0 amide bonds. The minimum absolute atomic E-state index is 0.171. The highest BCUT2D eigenvalue weighted by Crippen LogP contribution is 2.44. The summed E-state index contributed by atoms with van der Waals surface area (Å²) in [5.41, 5.74) is 7.15. The third-order valence-electron chi connectivity index (χ3n) is 7.12. The van der Waals surface area contributed by atoms with E-state index in [0.29, 0.717) is 17.8 Å². The van der Waals surface area contributed by atoms with Crippen LogP contribution < -0.4 is 0 Å². The van der Waals surface area contributed by atoms with E-state index in [9.17, 15) is 4.39 Å². The Morgan fingerprint density at radius 2 is 1.91 bits per heavy atom. The maximum Gasteiger partial charge on any atom is 0.123 e. The van der Waals surface area contributed by atoms with E-state index >= 15 is 0 Å². The molecule has 1 aliphatic carbocycles. The van der Waals surface area contributed by atoms with Crippen LogP contribution in [0.4, 0.5) is 10.1 Å². The smallest absolute Gasteiger partial charge is 0.123 e. The van der Waals surface area contributed by atoms with Gasteiger partial charge in [0.05, 0.1) is 5.69 Å². The van der Waals surface area contributed by atoms with Gasteiger partial charge in [0.25, 0.3) is 0 Å². The molecule has 2 nitrogen and oxygen atoms in total. The largest absolute Gasteiger partial charge is 0.258 e. The lowest BCUT2D eigenvalue weighted by molar-refractivity contribution is 0.264. The second-order valence-electron chi connectivity index (χ2n) is 9.28. The molecule has 0 bridgehead atoms. The van der Waals surface area contributed by atoms with E-state index in [-0.39, 0.29) is 5.82 Å². The molecule has 1 atom stereocenters. The average Bonchev–Trinajstić information content (AvgIpc) is 2.99. The van der Waals surface area contributed by atoms with Gasteiger partial charge in [-0.2, -0.15) is 0 Å². The monoisotopic (exact) mass is 448 g/mol. The van der Waals surface area contributed by atoms with Crippen molar-refractivity contribution >= 4 is 35.1 Å². The van der Waals surface area contributed by atoms with E-state index in [2.05, 4.69) is 56.4 Å². The first-order valence-corrected chi connectivity index (χ1v) is 12.6. The summed E-state index contributed by atoms with van der Waals surface area (Å²) in [7, 11) is 0.